The molecule has 0 fully saturated rings. The standard InChI is InChI=1S/C15H22N4/c1-4-10-15(2,3)16-11-13-14(18-19-17-13)12-8-6-5-7-9-12/h5-9,16H,4,10-11H2,1-3H3,(H,17,18,19). The van der Waals surface area contributed by atoms with Crippen molar-refractivity contribution in [3.63, 3.8) is 0 Å². The summed E-state index contributed by atoms with van der Waals surface area (Å²) in [5.41, 5.74) is 3.12. The largest absolute Gasteiger partial charge is 0.306 e. The van der Waals surface area contributed by atoms with Gasteiger partial charge in [0.1, 0.15) is 11.4 Å². The molecular formula is C15H22N4. The fraction of sp³-hybridized carbons (Fsp3) is 0.467. The fourth-order valence-electron chi connectivity index (χ4n) is 2.24. The molecule has 0 aliphatic heterocycles. The summed E-state index contributed by atoms with van der Waals surface area (Å²) in [5.74, 6) is 0. The van der Waals surface area contributed by atoms with Gasteiger partial charge in [0.2, 0.25) is 0 Å². The summed E-state index contributed by atoms with van der Waals surface area (Å²) < 4.78 is 0. The lowest BCUT2D eigenvalue weighted by atomic mass is 9.98. The Balaban J connectivity index is 2.09. The third kappa shape index (κ3) is 3.64. The summed E-state index contributed by atoms with van der Waals surface area (Å²) in [4.78, 5) is 0. The molecular weight excluding hydrogens is 236 g/mol. The summed E-state index contributed by atoms with van der Waals surface area (Å²) in [5, 5.41) is 14.8. The Morgan fingerprint density at radius 2 is 1.89 bits per heavy atom. The molecule has 1 heterocycles. The van der Waals surface area contributed by atoms with Gasteiger partial charge in [-0.3, -0.25) is 0 Å². The minimum Gasteiger partial charge on any atom is -0.306 e. The Hall–Kier alpha value is -1.68. The van der Waals surface area contributed by atoms with E-state index in [2.05, 4.69) is 53.6 Å². The summed E-state index contributed by atoms with van der Waals surface area (Å²) >= 11 is 0. The molecule has 0 radical (unpaired) electrons. The molecule has 0 atom stereocenters. The molecule has 19 heavy (non-hydrogen) atoms. The van der Waals surface area contributed by atoms with Gasteiger partial charge in [-0.25, -0.2) is 0 Å². The molecule has 1 aromatic heterocycles. The maximum Gasteiger partial charge on any atom is 0.117 e. The Morgan fingerprint density at radius 3 is 2.58 bits per heavy atom. The minimum atomic E-state index is 0.127. The molecule has 0 saturated heterocycles. The maximum atomic E-state index is 4.26. The van der Waals surface area contributed by atoms with E-state index in [-0.39, 0.29) is 5.54 Å². The highest BCUT2D eigenvalue weighted by Crippen LogP contribution is 2.20. The third-order valence-corrected chi connectivity index (χ3v) is 3.28. The maximum absolute atomic E-state index is 4.26. The highest BCUT2D eigenvalue weighted by Gasteiger charge is 2.17. The van der Waals surface area contributed by atoms with Crippen molar-refractivity contribution in [2.75, 3.05) is 0 Å². The molecule has 0 aliphatic rings. The van der Waals surface area contributed by atoms with Gasteiger partial charge in [0.15, 0.2) is 0 Å². The minimum absolute atomic E-state index is 0.127. The molecule has 4 heteroatoms. The average Bonchev–Trinajstić information content (AvgIpc) is 2.86. The van der Waals surface area contributed by atoms with Crippen LogP contribution >= 0.6 is 0 Å². The van der Waals surface area contributed by atoms with Gasteiger partial charge in [-0.2, -0.15) is 15.4 Å². The van der Waals surface area contributed by atoms with E-state index >= 15 is 0 Å². The number of hydrogen-bond acceptors (Lipinski definition) is 3. The summed E-state index contributed by atoms with van der Waals surface area (Å²) in [6.45, 7) is 7.38. The van der Waals surface area contributed by atoms with Crippen molar-refractivity contribution in [3.05, 3.63) is 36.0 Å². The molecule has 4 nitrogen and oxygen atoms in total. The van der Waals surface area contributed by atoms with Gasteiger partial charge in [0.05, 0.1) is 0 Å². The predicted molar refractivity (Wildman–Crippen MR) is 77.6 cm³/mol. The molecule has 2 aromatic rings. The molecule has 2 N–H and O–H groups in total. The van der Waals surface area contributed by atoms with Crippen LogP contribution in [0.4, 0.5) is 0 Å². The number of aromatic nitrogens is 3. The topological polar surface area (TPSA) is 53.6 Å². The van der Waals surface area contributed by atoms with Gasteiger partial charge in [-0.15, -0.1) is 0 Å². The van der Waals surface area contributed by atoms with Gasteiger partial charge in [0.25, 0.3) is 0 Å². The van der Waals surface area contributed by atoms with E-state index in [1.54, 1.807) is 0 Å². The van der Waals surface area contributed by atoms with Crippen LogP contribution in [0.15, 0.2) is 30.3 Å². The number of benzene rings is 1. The molecule has 0 bridgehead atoms. The highest BCUT2D eigenvalue weighted by atomic mass is 15.3. The first-order chi connectivity index (χ1) is 9.12. The van der Waals surface area contributed by atoms with Crippen LogP contribution in [0.25, 0.3) is 11.3 Å². The van der Waals surface area contributed by atoms with Crippen molar-refractivity contribution >= 4 is 0 Å². The zero-order valence-corrected chi connectivity index (χ0v) is 11.9. The van der Waals surface area contributed by atoms with E-state index in [1.165, 1.54) is 6.42 Å². The zero-order valence-electron chi connectivity index (χ0n) is 11.9. The van der Waals surface area contributed by atoms with Gasteiger partial charge in [-0.1, -0.05) is 43.7 Å². The van der Waals surface area contributed by atoms with Crippen molar-refractivity contribution in [2.45, 2.75) is 45.7 Å². The third-order valence-electron chi connectivity index (χ3n) is 3.28. The van der Waals surface area contributed by atoms with Crippen LogP contribution in [0.5, 0.6) is 0 Å². The summed E-state index contributed by atoms with van der Waals surface area (Å²) in [6.07, 6.45) is 2.32. The Bertz CT molecular complexity index is 502. The van der Waals surface area contributed by atoms with E-state index in [4.69, 9.17) is 0 Å². The molecule has 1 aromatic carbocycles. The van der Waals surface area contributed by atoms with Crippen molar-refractivity contribution in [1.29, 1.82) is 0 Å². The molecule has 0 unspecified atom stereocenters. The molecule has 0 saturated carbocycles. The Kier molecular flexibility index (Phi) is 4.32. The molecule has 0 amide bonds. The number of H-pyrrole nitrogens is 1. The summed E-state index contributed by atoms with van der Waals surface area (Å²) in [7, 11) is 0. The van der Waals surface area contributed by atoms with Crippen molar-refractivity contribution < 1.29 is 0 Å². The van der Waals surface area contributed by atoms with Crippen LogP contribution in [0.3, 0.4) is 0 Å². The second kappa shape index (κ2) is 5.97. The van der Waals surface area contributed by atoms with Gasteiger partial charge in [-0.05, 0) is 20.3 Å². The second-order valence-corrected chi connectivity index (χ2v) is 5.47. The lowest BCUT2D eigenvalue weighted by Crippen LogP contribution is -2.38. The molecule has 0 spiro atoms. The molecule has 0 aliphatic carbocycles. The zero-order chi connectivity index (χ0) is 13.7. The smallest absolute Gasteiger partial charge is 0.117 e. The van der Waals surface area contributed by atoms with Gasteiger partial charge in [0, 0.05) is 17.6 Å². The number of rotatable bonds is 6. The van der Waals surface area contributed by atoms with Crippen LogP contribution in [-0.2, 0) is 6.54 Å². The van der Waals surface area contributed by atoms with E-state index in [1.807, 2.05) is 18.2 Å². The van der Waals surface area contributed by atoms with Crippen LogP contribution in [0.2, 0.25) is 0 Å². The quantitative estimate of drug-likeness (QED) is 0.837. The number of aromatic amines is 1. The average molecular weight is 258 g/mol. The van der Waals surface area contributed by atoms with Crippen molar-refractivity contribution in [2.24, 2.45) is 0 Å². The first-order valence-corrected chi connectivity index (χ1v) is 6.82. The first-order valence-electron chi connectivity index (χ1n) is 6.82. The monoisotopic (exact) mass is 258 g/mol. The van der Waals surface area contributed by atoms with Crippen molar-refractivity contribution in [3.8, 4) is 11.3 Å². The van der Waals surface area contributed by atoms with Crippen LogP contribution in [-0.4, -0.2) is 20.9 Å². The number of nitrogens with one attached hydrogen (secondary N) is 2. The SMILES string of the molecule is CCCC(C)(C)NCc1n[nH]nc1-c1ccccc1. The first kappa shape index (κ1) is 13.7. The predicted octanol–water partition coefficient (Wildman–Crippen LogP) is 3.14. The fourth-order valence-corrected chi connectivity index (χ4v) is 2.24. The lowest BCUT2D eigenvalue weighted by molar-refractivity contribution is 0.355. The van der Waals surface area contributed by atoms with Crippen LogP contribution in [0.1, 0.15) is 39.3 Å². The molecule has 102 valence electrons. The molecule has 2 rings (SSSR count). The number of nitrogens with zero attached hydrogens (tertiary/aromatic N) is 2. The van der Waals surface area contributed by atoms with E-state index < -0.39 is 0 Å². The summed E-state index contributed by atoms with van der Waals surface area (Å²) in [6, 6.07) is 10.1. The van der Waals surface area contributed by atoms with Crippen LogP contribution < -0.4 is 5.32 Å². The number of hydrogen-bond donors (Lipinski definition) is 2. The van der Waals surface area contributed by atoms with E-state index in [9.17, 15) is 0 Å². The van der Waals surface area contributed by atoms with Crippen LogP contribution in [0, 0.1) is 0 Å². The van der Waals surface area contributed by atoms with Gasteiger partial charge >= 0.3 is 0 Å². The second-order valence-electron chi connectivity index (χ2n) is 5.47. The van der Waals surface area contributed by atoms with Crippen molar-refractivity contribution in [1.82, 2.24) is 20.7 Å². The normalized spacial score (nSPS) is 11.7. The lowest BCUT2D eigenvalue weighted by Gasteiger charge is -2.25. The highest BCUT2D eigenvalue weighted by molar-refractivity contribution is 5.60. The van der Waals surface area contributed by atoms with E-state index in [0.29, 0.717) is 0 Å². The Labute approximate surface area is 114 Å². The van der Waals surface area contributed by atoms with Gasteiger partial charge < -0.3 is 5.32 Å². The van der Waals surface area contributed by atoms with E-state index in [0.717, 1.165) is 29.9 Å². The Morgan fingerprint density at radius 1 is 1.16 bits per heavy atom.